The summed E-state index contributed by atoms with van der Waals surface area (Å²) in [5.41, 5.74) is 3.20. The Morgan fingerprint density at radius 3 is 3.04 bits per heavy atom. The molecule has 1 aromatic heterocycles. The highest BCUT2D eigenvalue weighted by Gasteiger charge is 2.11. The Bertz CT molecular complexity index is 844. The maximum atomic E-state index is 12.1. The topological polar surface area (TPSA) is 87.2 Å². The maximum absolute atomic E-state index is 12.1. The minimum Gasteiger partial charge on any atom is -0.491 e. The lowest BCUT2D eigenvalue weighted by molar-refractivity contribution is 0.0844. The monoisotopic (exact) mass is 325 g/mol. The summed E-state index contributed by atoms with van der Waals surface area (Å²) in [5.74, 6) is 0.450. The number of ether oxygens (including phenoxy) is 1. The first kappa shape index (κ1) is 16.0. The quantitative estimate of drug-likeness (QED) is 0.647. The number of carbonyl (C=O) groups is 1. The van der Waals surface area contributed by atoms with Crippen LogP contribution >= 0.6 is 0 Å². The van der Waals surface area contributed by atoms with Crippen LogP contribution in [0.15, 0.2) is 48.8 Å². The molecule has 24 heavy (non-hydrogen) atoms. The van der Waals surface area contributed by atoms with Gasteiger partial charge in [-0.25, -0.2) is 4.98 Å². The maximum Gasteiger partial charge on any atom is 0.251 e. The molecule has 6 nitrogen and oxygen atoms in total. The fourth-order valence-corrected chi connectivity index (χ4v) is 2.35. The Morgan fingerprint density at radius 1 is 1.33 bits per heavy atom. The van der Waals surface area contributed by atoms with Gasteiger partial charge in [-0.15, -0.1) is 0 Å². The lowest BCUT2D eigenvalue weighted by Gasteiger charge is -2.13. The summed E-state index contributed by atoms with van der Waals surface area (Å²) in [7, 11) is 0. The molecule has 1 amide bonds. The summed E-state index contributed by atoms with van der Waals surface area (Å²) < 4.78 is 5.52. The Morgan fingerprint density at radius 2 is 2.21 bits per heavy atom. The molecule has 0 aliphatic heterocycles. The van der Waals surface area contributed by atoms with Crippen molar-refractivity contribution in [2.45, 2.75) is 13.0 Å². The van der Waals surface area contributed by atoms with E-state index in [1.807, 2.05) is 31.2 Å². The highest BCUT2D eigenvalue weighted by Crippen LogP contribution is 2.13. The van der Waals surface area contributed by atoms with Crippen molar-refractivity contribution >= 4 is 16.9 Å². The Hall–Kier alpha value is -2.86. The molecule has 0 spiro atoms. The number of aliphatic hydroxyl groups is 1. The summed E-state index contributed by atoms with van der Waals surface area (Å²) >= 11 is 0. The van der Waals surface area contributed by atoms with E-state index in [1.54, 1.807) is 24.5 Å². The lowest BCUT2D eigenvalue weighted by Crippen LogP contribution is -2.35. The number of carbonyl (C=O) groups excluding carboxylic acids is 1. The van der Waals surface area contributed by atoms with Crippen LogP contribution in [0, 0.1) is 6.92 Å². The molecular weight excluding hydrogens is 306 g/mol. The van der Waals surface area contributed by atoms with Crippen LogP contribution in [0.4, 0.5) is 0 Å². The van der Waals surface area contributed by atoms with Gasteiger partial charge in [0.05, 0.1) is 17.4 Å². The number of H-pyrrole nitrogens is 1. The van der Waals surface area contributed by atoms with E-state index in [9.17, 15) is 9.90 Å². The van der Waals surface area contributed by atoms with Crippen LogP contribution in [0.5, 0.6) is 5.75 Å². The average Bonchev–Trinajstić information content (AvgIpc) is 3.05. The third kappa shape index (κ3) is 3.91. The second-order valence-electron chi connectivity index (χ2n) is 5.63. The van der Waals surface area contributed by atoms with Crippen molar-refractivity contribution in [3.63, 3.8) is 0 Å². The van der Waals surface area contributed by atoms with Crippen molar-refractivity contribution in [2.75, 3.05) is 13.2 Å². The standard InChI is InChI=1S/C18H19N3O3/c1-12-3-2-4-15(7-12)24-10-14(22)9-19-18(23)13-5-6-16-17(8-13)21-11-20-16/h2-8,11,14,22H,9-10H2,1H3,(H,19,23)(H,20,21). The number of amides is 1. The summed E-state index contributed by atoms with van der Waals surface area (Å²) in [6.45, 7) is 2.20. The molecule has 124 valence electrons. The third-order valence-electron chi connectivity index (χ3n) is 3.61. The minimum absolute atomic E-state index is 0.114. The van der Waals surface area contributed by atoms with Crippen molar-refractivity contribution in [1.29, 1.82) is 0 Å². The number of aryl methyl sites for hydroxylation is 1. The fraction of sp³-hybridized carbons (Fsp3) is 0.222. The smallest absolute Gasteiger partial charge is 0.251 e. The normalized spacial score (nSPS) is 12.1. The molecule has 0 saturated heterocycles. The van der Waals surface area contributed by atoms with Gasteiger partial charge in [-0.2, -0.15) is 0 Å². The van der Waals surface area contributed by atoms with Gasteiger partial charge in [0.2, 0.25) is 0 Å². The molecule has 3 aromatic rings. The van der Waals surface area contributed by atoms with Crippen LogP contribution in [0.25, 0.3) is 11.0 Å². The summed E-state index contributed by atoms with van der Waals surface area (Å²) in [4.78, 5) is 19.2. The molecule has 0 aliphatic carbocycles. The minimum atomic E-state index is -0.787. The average molecular weight is 325 g/mol. The van der Waals surface area contributed by atoms with Crippen molar-refractivity contribution in [3.05, 3.63) is 59.9 Å². The fourth-order valence-electron chi connectivity index (χ4n) is 2.35. The molecule has 1 heterocycles. The number of hydrogen-bond donors (Lipinski definition) is 3. The van der Waals surface area contributed by atoms with Crippen molar-refractivity contribution < 1.29 is 14.6 Å². The number of fused-ring (bicyclic) bond motifs is 1. The molecule has 6 heteroatoms. The number of nitrogens with one attached hydrogen (secondary N) is 2. The van der Waals surface area contributed by atoms with Crippen LogP contribution in [-0.2, 0) is 0 Å². The van der Waals surface area contributed by atoms with Gasteiger partial charge in [-0.3, -0.25) is 4.79 Å². The largest absolute Gasteiger partial charge is 0.491 e. The molecule has 0 aliphatic rings. The second-order valence-corrected chi connectivity index (χ2v) is 5.63. The van der Waals surface area contributed by atoms with Gasteiger partial charge in [-0.1, -0.05) is 12.1 Å². The summed E-state index contributed by atoms with van der Waals surface area (Å²) in [6, 6.07) is 12.8. The molecular formula is C18H19N3O3. The van der Waals surface area contributed by atoms with Gasteiger partial charge in [0.1, 0.15) is 18.5 Å². The van der Waals surface area contributed by atoms with Crippen LogP contribution < -0.4 is 10.1 Å². The molecule has 0 bridgehead atoms. The van der Waals surface area contributed by atoms with Crippen LogP contribution in [0.2, 0.25) is 0 Å². The van der Waals surface area contributed by atoms with E-state index in [0.29, 0.717) is 11.3 Å². The summed E-state index contributed by atoms with van der Waals surface area (Å²) in [6.07, 6.45) is 0.795. The van der Waals surface area contributed by atoms with Gasteiger partial charge in [0.15, 0.2) is 0 Å². The predicted molar refractivity (Wildman–Crippen MR) is 91.1 cm³/mol. The van der Waals surface area contributed by atoms with E-state index in [0.717, 1.165) is 16.6 Å². The lowest BCUT2D eigenvalue weighted by atomic mass is 10.2. The molecule has 1 unspecified atom stereocenters. The van der Waals surface area contributed by atoms with Gasteiger partial charge in [0, 0.05) is 12.1 Å². The Kier molecular flexibility index (Phi) is 4.77. The highest BCUT2D eigenvalue weighted by molar-refractivity contribution is 5.97. The number of rotatable bonds is 6. The van der Waals surface area contributed by atoms with E-state index in [1.165, 1.54) is 0 Å². The Labute approximate surface area is 139 Å². The number of hydrogen-bond acceptors (Lipinski definition) is 4. The number of imidazole rings is 1. The highest BCUT2D eigenvalue weighted by atomic mass is 16.5. The van der Waals surface area contributed by atoms with Crippen LogP contribution in [0.1, 0.15) is 15.9 Å². The SMILES string of the molecule is Cc1cccc(OCC(O)CNC(=O)c2ccc3nc[nH]c3c2)c1. The van der Waals surface area contributed by atoms with E-state index < -0.39 is 6.10 Å². The van der Waals surface area contributed by atoms with Crippen molar-refractivity contribution in [3.8, 4) is 5.75 Å². The van der Waals surface area contributed by atoms with E-state index >= 15 is 0 Å². The molecule has 0 saturated carbocycles. The van der Waals surface area contributed by atoms with Gasteiger partial charge < -0.3 is 20.1 Å². The van der Waals surface area contributed by atoms with Gasteiger partial charge >= 0.3 is 0 Å². The number of aromatic nitrogens is 2. The molecule has 0 radical (unpaired) electrons. The zero-order chi connectivity index (χ0) is 16.9. The molecule has 0 fully saturated rings. The van der Waals surface area contributed by atoms with E-state index in [-0.39, 0.29) is 19.1 Å². The van der Waals surface area contributed by atoms with Crippen LogP contribution in [0.3, 0.4) is 0 Å². The number of aliphatic hydroxyl groups excluding tert-OH is 1. The predicted octanol–water partition coefficient (Wildman–Crippen LogP) is 2.04. The number of aromatic amines is 1. The first-order chi connectivity index (χ1) is 11.6. The number of benzene rings is 2. The van der Waals surface area contributed by atoms with Crippen molar-refractivity contribution in [2.24, 2.45) is 0 Å². The first-order valence-corrected chi connectivity index (χ1v) is 7.71. The van der Waals surface area contributed by atoms with E-state index in [2.05, 4.69) is 15.3 Å². The molecule has 3 N–H and O–H groups in total. The van der Waals surface area contributed by atoms with Crippen LogP contribution in [-0.4, -0.2) is 40.2 Å². The molecule has 2 aromatic carbocycles. The third-order valence-corrected chi connectivity index (χ3v) is 3.61. The van der Waals surface area contributed by atoms with Gasteiger partial charge in [0.25, 0.3) is 5.91 Å². The number of nitrogens with zero attached hydrogens (tertiary/aromatic N) is 1. The first-order valence-electron chi connectivity index (χ1n) is 7.71. The summed E-state index contributed by atoms with van der Waals surface area (Å²) in [5, 5.41) is 12.7. The zero-order valence-corrected chi connectivity index (χ0v) is 13.3. The molecule has 3 rings (SSSR count). The molecule has 1 atom stereocenters. The van der Waals surface area contributed by atoms with Crippen molar-refractivity contribution in [1.82, 2.24) is 15.3 Å². The van der Waals surface area contributed by atoms with Gasteiger partial charge in [-0.05, 0) is 42.8 Å². The second kappa shape index (κ2) is 7.14. The van der Waals surface area contributed by atoms with E-state index in [4.69, 9.17) is 4.74 Å². The Balaban J connectivity index is 1.50. The zero-order valence-electron chi connectivity index (χ0n) is 13.3.